The molecule has 1 rings (SSSR count). The molecule has 1 atom stereocenters. The summed E-state index contributed by atoms with van der Waals surface area (Å²) in [5.74, 6) is -0.294. The number of aryl methyl sites for hydroxylation is 1. The van der Waals surface area contributed by atoms with Gasteiger partial charge in [-0.05, 0) is 37.6 Å². The van der Waals surface area contributed by atoms with Gasteiger partial charge < -0.3 is 10.2 Å². The van der Waals surface area contributed by atoms with Crippen LogP contribution < -0.4 is 0 Å². The Morgan fingerprint density at radius 1 is 1.53 bits per heavy atom. The smallest absolute Gasteiger partial charge is 0.335 e. The number of hydrogen-bond donors (Lipinski definition) is 2. The summed E-state index contributed by atoms with van der Waals surface area (Å²) in [6.07, 6.45) is -0.353. The van der Waals surface area contributed by atoms with Gasteiger partial charge in [-0.1, -0.05) is 0 Å². The Hall–Kier alpha value is -1.000. The molecule has 0 aliphatic rings. The topological polar surface area (TPSA) is 57.5 Å². The maximum atomic E-state index is 10.7. The van der Waals surface area contributed by atoms with Crippen LogP contribution in [0.5, 0.6) is 0 Å². The van der Waals surface area contributed by atoms with E-state index in [4.69, 9.17) is 10.2 Å². The molecule has 0 heterocycles. The van der Waals surface area contributed by atoms with Crippen LogP contribution in [0, 0.1) is 6.92 Å². The average molecular weight is 226 g/mol. The molecule has 0 bridgehead atoms. The normalized spacial score (nSPS) is 12.5. The molecule has 1 aromatic rings. The molecule has 2 N–H and O–H groups in total. The summed E-state index contributed by atoms with van der Waals surface area (Å²) < 4.78 is 0. The zero-order chi connectivity index (χ0) is 11.4. The average Bonchev–Trinajstić information content (AvgIpc) is 2.15. The van der Waals surface area contributed by atoms with Crippen molar-refractivity contribution < 1.29 is 15.0 Å². The van der Waals surface area contributed by atoms with Gasteiger partial charge >= 0.3 is 5.97 Å². The van der Waals surface area contributed by atoms with Crippen LogP contribution in [0.3, 0.4) is 0 Å². The van der Waals surface area contributed by atoms with Gasteiger partial charge in [-0.3, -0.25) is 0 Å². The SMILES string of the molecule is Cc1cc(C(=O)O)ccc1SCC(C)O. The Balaban J connectivity index is 2.79. The van der Waals surface area contributed by atoms with E-state index in [1.54, 1.807) is 25.1 Å². The summed E-state index contributed by atoms with van der Waals surface area (Å²) in [5, 5.41) is 17.9. The second kappa shape index (κ2) is 5.19. The lowest BCUT2D eigenvalue weighted by atomic mass is 10.1. The van der Waals surface area contributed by atoms with Crippen LogP contribution in [0.15, 0.2) is 23.1 Å². The van der Waals surface area contributed by atoms with Crippen molar-refractivity contribution in [3.63, 3.8) is 0 Å². The summed E-state index contributed by atoms with van der Waals surface area (Å²) in [5.41, 5.74) is 1.23. The van der Waals surface area contributed by atoms with Crippen LogP contribution in [0.1, 0.15) is 22.8 Å². The van der Waals surface area contributed by atoms with Crippen molar-refractivity contribution >= 4 is 17.7 Å². The molecule has 82 valence electrons. The summed E-state index contributed by atoms with van der Waals surface area (Å²) in [7, 11) is 0. The van der Waals surface area contributed by atoms with Crippen LogP contribution in [-0.2, 0) is 0 Å². The van der Waals surface area contributed by atoms with Crippen molar-refractivity contribution in [1.29, 1.82) is 0 Å². The fourth-order valence-electron chi connectivity index (χ4n) is 1.15. The summed E-state index contributed by atoms with van der Waals surface area (Å²) in [6.45, 7) is 3.60. The third-order valence-electron chi connectivity index (χ3n) is 1.90. The standard InChI is InChI=1S/C11H14O3S/c1-7-5-9(11(13)14)3-4-10(7)15-6-8(2)12/h3-5,8,12H,6H2,1-2H3,(H,13,14). The number of carbonyl (C=O) groups is 1. The van der Waals surface area contributed by atoms with E-state index in [1.807, 2.05) is 6.92 Å². The molecule has 4 heteroatoms. The molecular formula is C11H14O3S. The van der Waals surface area contributed by atoms with E-state index in [1.165, 1.54) is 11.8 Å². The lowest BCUT2D eigenvalue weighted by Crippen LogP contribution is -2.03. The largest absolute Gasteiger partial charge is 0.478 e. The van der Waals surface area contributed by atoms with Gasteiger partial charge in [0.2, 0.25) is 0 Å². The first kappa shape index (κ1) is 12.1. The highest BCUT2D eigenvalue weighted by Gasteiger charge is 2.06. The van der Waals surface area contributed by atoms with Gasteiger partial charge in [0.25, 0.3) is 0 Å². The minimum atomic E-state index is -0.912. The summed E-state index contributed by atoms with van der Waals surface area (Å²) in [6, 6.07) is 5.01. The molecule has 0 saturated heterocycles. The molecule has 0 amide bonds. The van der Waals surface area contributed by atoms with Gasteiger partial charge in [0.05, 0.1) is 11.7 Å². The summed E-state index contributed by atoms with van der Waals surface area (Å²) >= 11 is 1.53. The molecule has 0 fully saturated rings. The quantitative estimate of drug-likeness (QED) is 0.772. The van der Waals surface area contributed by atoms with Gasteiger partial charge in [-0.25, -0.2) is 4.79 Å². The number of thioether (sulfide) groups is 1. The molecule has 0 spiro atoms. The number of rotatable bonds is 4. The van der Waals surface area contributed by atoms with E-state index in [-0.39, 0.29) is 6.10 Å². The van der Waals surface area contributed by atoms with Crippen LogP contribution in [-0.4, -0.2) is 28.0 Å². The Labute approximate surface area is 93.1 Å². The number of benzene rings is 1. The molecule has 0 aliphatic heterocycles. The van der Waals surface area contributed by atoms with Crippen molar-refractivity contribution in [3.05, 3.63) is 29.3 Å². The maximum Gasteiger partial charge on any atom is 0.335 e. The van der Waals surface area contributed by atoms with Crippen molar-refractivity contribution in [3.8, 4) is 0 Å². The fraction of sp³-hybridized carbons (Fsp3) is 0.364. The van der Waals surface area contributed by atoms with Crippen molar-refractivity contribution in [1.82, 2.24) is 0 Å². The lowest BCUT2D eigenvalue weighted by Gasteiger charge is -2.07. The molecule has 1 unspecified atom stereocenters. The molecule has 0 aromatic heterocycles. The molecule has 0 radical (unpaired) electrons. The highest BCUT2D eigenvalue weighted by Crippen LogP contribution is 2.23. The van der Waals surface area contributed by atoms with Crippen LogP contribution in [0.2, 0.25) is 0 Å². The van der Waals surface area contributed by atoms with E-state index in [9.17, 15) is 4.79 Å². The van der Waals surface area contributed by atoms with Gasteiger partial charge in [0.15, 0.2) is 0 Å². The van der Waals surface area contributed by atoms with Crippen LogP contribution in [0.25, 0.3) is 0 Å². The zero-order valence-corrected chi connectivity index (χ0v) is 9.54. The Morgan fingerprint density at radius 3 is 2.67 bits per heavy atom. The third-order valence-corrected chi connectivity index (χ3v) is 3.32. The van der Waals surface area contributed by atoms with Crippen LogP contribution >= 0.6 is 11.8 Å². The summed E-state index contributed by atoms with van der Waals surface area (Å²) in [4.78, 5) is 11.7. The first-order chi connectivity index (χ1) is 7.00. The second-order valence-electron chi connectivity index (χ2n) is 3.45. The van der Waals surface area contributed by atoms with Gasteiger partial charge in [0, 0.05) is 10.6 Å². The molecule has 0 saturated carbocycles. The molecule has 15 heavy (non-hydrogen) atoms. The second-order valence-corrected chi connectivity index (χ2v) is 4.51. The number of aliphatic hydroxyl groups excluding tert-OH is 1. The molecule has 0 aliphatic carbocycles. The maximum absolute atomic E-state index is 10.7. The number of hydrogen-bond acceptors (Lipinski definition) is 3. The van der Waals surface area contributed by atoms with Crippen molar-refractivity contribution in [2.24, 2.45) is 0 Å². The van der Waals surface area contributed by atoms with Crippen molar-refractivity contribution in [2.75, 3.05) is 5.75 Å². The number of aromatic carboxylic acids is 1. The number of carboxylic acids is 1. The first-order valence-corrected chi connectivity index (χ1v) is 5.64. The molecule has 3 nitrogen and oxygen atoms in total. The van der Waals surface area contributed by atoms with E-state index >= 15 is 0 Å². The Kier molecular flexibility index (Phi) is 4.17. The first-order valence-electron chi connectivity index (χ1n) is 4.65. The van der Waals surface area contributed by atoms with E-state index in [0.717, 1.165) is 10.5 Å². The van der Waals surface area contributed by atoms with E-state index in [0.29, 0.717) is 11.3 Å². The number of carboxylic acid groups (broad SMARTS) is 1. The van der Waals surface area contributed by atoms with E-state index < -0.39 is 5.97 Å². The predicted molar refractivity (Wildman–Crippen MR) is 60.5 cm³/mol. The highest BCUT2D eigenvalue weighted by molar-refractivity contribution is 7.99. The molecular weight excluding hydrogens is 212 g/mol. The monoisotopic (exact) mass is 226 g/mol. The molecule has 1 aromatic carbocycles. The van der Waals surface area contributed by atoms with Crippen LogP contribution in [0.4, 0.5) is 0 Å². The van der Waals surface area contributed by atoms with Gasteiger partial charge in [-0.15, -0.1) is 11.8 Å². The zero-order valence-electron chi connectivity index (χ0n) is 8.73. The minimum absolute atomic E-state index is 0.300. The Bertz CT molecular complexity index is 361. The van der Waals surface area contributed by atoms with Gasteiger partial charge in [0.1, 0.15) is 0 Å². The number of aliphatic hydroxyl groups is 1. The highest BCUT2D eigenvalue weighted by atomic mass is 32.2. The Morgan fingerprint density at radius 2 is 2.20 bits per heavy atom. The lowest BCUT2D eigenvalue weighted by molar-refractivity contribution is 0.0696. The van der Waals surface area contributed by atoms with E-state index in [2.05, 4.69) is 0 Å². The van der Waals surface area contributed by atoms with Crippen molar-refractivity contribution in [2.45, 2.75) is 24.8 Å². The third kappa shape index (κ3) is 3.57. The minimum Gasteiger partial charge on any atom is -0.478 e. The predicted octanol–water partition coefficient (Wildman–Crippen LogP) is 2.17. The fourth-order valence-corrected chi connectivity index (χ4v) is 2.03. The van der Waals surface area contributed by atoms with Gasteiger partial charge in [-0.2, -0.15) is 0 Å².